The molecule has 2 aliphatic heterocycles. The number of likely N-dealkylation sites (tertiary alicyclic amines) is 1. The van der Waals surface area contributed by atoms with E-state index in [0.29, 0.717) is 25.2 Å². The van der Waals surface area contributed by atoms with Crippen LogP contribution in [-0.4, -0.2) is 43.6 Å². The summed E-state index contributed by atoms with van der Waals surface area (Å²) >= 11 is 0. The number of imidazole rings is 1. The van der Waals surface area contributed by atoms with Crippen LogP contribution < -0.4 is 0 Å². The van der Waals surface area contributed by atoms with Crippen molar-refractivity contribution in [3.05, 3.63) is 35.2 Å². The van der Waals surface area contributed by atoms with Gasteiger partial charge in [0.2, 0.25) is 0 Å². The van der Waals surface area contributed by atoms with Gasteiger partial charge in [0.1, 0.15) is 11.5 Å². The van der Waals surface area contributed by atoms with Crippen LogP contribution in [0.25, 0.3) is 0 Å². The Bertz CT molecular complexity index is 773. The van der Waals surface area contributed by atoms with Gasteiger partial charge in [-0.1, -0.05) is 0 Å². The van der Waals surface area contributed by atoms with Gasteiger partial charge in [0, 0.05) is 31.2 Å². The second kappa shape index (κ2) is 5.89. The summed E-state index contributed by atoms with van der Waals surface area (Å²) in [5.41, 5.74) is 0.639. The minimum atomic E-state index is -4.44. The predicted molar refractivity (Wildman–Crippen MR) is 82.0 cm³/mol. The number of rotatable bonds is 2. The van der Waals surface area contributed by atoms with Gasteiger partial charge in [0.25, 0.3) is 5.91 Å². The van der Waals surface area contributed by atoms with E-state index in [4.69, 9.17) is 0 Å². The third-order valence-corrected chi connectivity index (χ3v) is 4.88. The summed E-state index contributed by atoms with van der Waals surface area (Å²) in [5, 5.41) is 4.35. The largest absolute Gasteiger partial charge is 0.432 e. The first-order chi connectivity index (χ1) is 11.9. The number of nitrogens with one attached hydrogen (secondary N) is 1. The lowest BCUT2D eigenvalue weighted by Gasteiger charge is -2.31. The van der Waals surface area contributed by atoms with Gasteiger partial charge in [0.15, 0.2) is 5.69 Å². The number of alkyl halides is 3. The molecule has 1 amide bonds. The maximum atomic E-state index is 12.7. The minimum absolute atomic E-state index is 0.158. The van der Waals surface area contributed by atoms with Crippen LogP contribution in [0.5, 0.6) is 0 Å². The summed E-state index contributed by atoms with van der Waals surface area (Å²) in [5.74, 6) is -0.0883. The van der Waals surface area contributed by atoms with Gasteiger partial charge in [-0.05, 0) is 31.7 Å². The molecular formula is C16H18F3N5O. The monoisotopic (exact) mass is 353 g/mol. The van der Waals surface area contributed by atoms with Crippen molar-refractivity contribution < 1.29 is 18.0 Å². The van der Waals surface area contributed by atoms with Crippen molar-refractivity contribution in [2.75, 3.05) is 13.1 Å². The van der Waals surface area contributed by atoms with Crippen molar-refractivity contribution in [1.29, 1.82) is 0 Å². The quantitative estimate of drug-likeness (QED) is 0.902. The first-order valence-corrected chi connectivity index (χ1v) is 8.40. The molecule has 2 aromatic heterocycles. The molecule has 2 aromatic rings. The van der Waals surface area contributed by atoms with Crippen molar-refractivity contribution in [3.8, 4) is 0 Å². The number of aryl methyl sites for hydroxylation is 2. The van der Waals surface area contributed by atoms with E-state index in [1.54, 1.807) is 4.90 Å². The van der Waals surface area contributed by atoms with E-state index in [0.717, 1.165) is 37.7 Å². The van der Waals surface area contributed by atoms with E-state index < -0.39 is 11.9 Å². The zero-order valence-corrected chi connectivity index (χ0v) is 13.5. The van der Waals surface area contributed by atoms with E-state index in [2.05, 4.69) is 15.1 Å². The van der Waals surface area contributed by atoms with Crippen LogP contribution in [0.3, 0.4) is 0 Å². The van der Waals surface area contributed by atoms with Crippen LogP contribution in [0.4, 0.5) is 13.2 Å². The van der Waals surface area contributed by atoms with Gasteiger partial charge in [-0.3, -0.25) is 9.48 Å². The fourth-order valence-corrected chi connectivity index (χ4v) is 3.60. The molecule has 1 atom stereocenters. The zero-order chi connectivity index (χ0) is 17.6. The molecule has 0 radical (unpaired) electrons. The summed E-state index contributed by atoms with van der Waals surface area (Å²) < 4.78 is 40.0. The number of amides is 1. The third kappa shape index (κ3) is 3.03. The molecule has 1 saturated heterocycles. The fourth-order valence-electron chi connectivity index (χ4n) is 3.60. The maximum absolute atomic E-state index is 12.7. The number of piperidine rings is 1. The molecule has 9 heteroatoms. The molecule has 0 bridgehead atoms. The topological polar surface area (TPSA) is 66.8 Å². The van der Waals surface area contributed by atoms with E-state index >= 15 is 0 Å². The van der Waals surface area contributed by atoms with Crippen LogP contribution in [0.2, 0.25) is 0 Å². The van der Waals surface area contributed by atoms with Crippen LogP contribution in [0.1, 0.15) is 52.9 Å². The number of halogens is 3. The van der Waals surface area contributed by atoms with Gasteiger partial charge in [0.05, 0.1) is 6.20 Å². The molecule has 134 valence electrons. The molecule has 1 unspecified atom stereocenters. The van der Waals surface area contributed by atoms with Crippen molar-refractivity contribution in [2.45, 2.75) is 44.3 Å². The molecular weight excluding hydrogens is 335 g/mol. The van der Waals surface area contributed by atoms with E-state index in [-0.39, 0.29) is 17.6 Å². The average molecular weight is 353 g/mol. The first kappa shape index (κ1) is 16.2. The van der Waals surface area contributed by atoms with Crippen molar-refractivity contribution in [3.63, 3.8) is 0 Å². The number of fused-ring (bicyclic) bond motifs is 1. The number of aromatic nitrogens is 4. The molecule has 25 heavy (non-hydrogen) atoms. The van der Waals surface area contributed by atoms with Gasteiger partial charge >= 0.3 is 6.18 Å². The molecule has 1 N–H and O–H groups in total. The highest BCUT2D eigenvalue weighted by Gasteiger charge is 2.35. The van der Waals surface area contributed by atoms with Crippen LogP contribution in [0.15, 0.2) is 12.3 Å². The van der Waals surface area contributed by atoms with Crippen LogP contribution in [-0.2, 0) is 19.1 Å². The number of hydrogen-bond acceptors (Lipinski definition) is 3. The van der Waals surface area contributed by atoms with Gasteiger partial charge in [-0.15, -0.1) is 0 Å². The normalized spacial score (nSPS) is 20.8. The van der Waals surface area contributed by atoms with Crippen molar-refractivity contribution >= 4 is 5.91 Å². The Balaban J connectivity index is 1.48. The number of nitrogens with zero attached hydrogens (tertiary/aromatic N) is 4. The Hall–Kier alpha value is -2.32. The van der Waals surface area contributed by atoms with E-state index in [1.807, 2.05) is 10.7 Å². The molecule has 0 aliphatic carbocycles. The number of H-pyrrole nitrogens is 1. The highest BCUT2D eigenvalue weighted by Crippen LogP contribution is 2.31. The lowest BCUT2D eigenvalue weighted by molar-refractivity contribution is -0.141. The zero-order valence-electron chi connectivity index (χ0n) is 13.5. The second-order valence-corrected chi connectivity index (χ2v) is 6.62. The van der Waals surface area contributed by atoms with Crippen molar-refractivity contribution in [1.82, 2.24) is 24.6 Å². The summed E-state index contributed by atoms with van der Waals surface area (Å²) in [4.78, 5) is 20.6. The Labute approximate surface area is 142 Å². The summed E-state index contributed by atoms with van der Waals surface area (Å²) in [6, 6.07) is 1.83. The molecule has 4 rings (SSSR count). The second-order valence-electron chi connectivity index (χ2n) is 6.62. The first-order valence-electron chi connectivity index (χ1n) is 8.40. The van der Waals surface area contributed by atoms with Crippen LogP contribution >= 0.6 is 0 Å². The highest BCUT2D eigenvalue weighted by atomic mass is 19.4. The Morgan fingerprint density at radius 2 is 2.12 bits per heavy atom. The van der Waals surface area contributed by atoms with Gasteiger partial charge in [-0.2, -0.15) is 18.3 Å². The van der Waals surface area contributed by atoms with Gasteiger partial charge in [-0.25, -0.2) is 4.98 Å². The highest BCUT2D eigenvalue weighted by molar-refractivity contribution is 5.92. The molecule has 4 heterocycles. The standard InChI is InChI=1S/C16H18F3N5O/c17-16(18,19)13-8-20-14(21-13)10-3-1-5-23(9-10)15(25)12-7-11-4-2-6-24(11)22-12/h7-8,10H,1-6,9H2,(H,20,21). The molecule has 6 nitrogen and oxygen atoms in total. The van der Waals surface area contributed by atoms with Crippen molar-refractivity contribution in [2.24, 2.45) is 0 Å². The lowest BCUT2D eigenvalue weighted by Crippen LogP contribution is -2.39. The Morgan fingerprint density at radius 1 is 1.28 bits per heavy atom. The maximum Gasteiger partial charge on any atom is 0.432 e. The summed E-state index contributed by atoms with van der Waals surface area (Å²) in [6.07, 6.45) is -0.221. The van der Waals surface area contributed by atoms with E-state index in [9.17, 15) is 18.0 Å². The lowest BCUT2D eigenvalue weighted by atomic mass is 9.97. The third-order valence-electron chi connectivity index (χ3n) is 4.88. The average Bonchev–Trinajstić information content (AvgIpc) is 3.28. The smallest absolute Gasteiger partial charge is 0.338 e. The fraction of sp³-hybridized carbons (Fsp3) is 0.562. The molecule has 0 spiro atoms. The number of hydrogen-bond donors (Lipinski definition) is 1. The Kier molecular flexibility index (Phi) is 3.81. The molecule has 0 saturated carbocycles. The summed E-state index contributed by atoms with van der Waals surface area (Å²) in [7, 11) is 0. The predicted octanol–water partition coefficient (Wildman–Crippen LogP) is 2.59. The minimum Gasteiger partial charge on any atom is -0.338 e. The van der Waals surface area contributed by atoms with Gasteiger partial charge < -0.3 is 9.88 Å². The number of carbonyl (C=O) groups is 1. The van der Waals surface area contributed by atoms with Crippen LogP contribution in [0, 0.1) is 0 Å². The Morgan fingerprint density at radius 3 is 2.84 bits per heavy atom. The SMILES string of the molecule is O=C(c1cc2n(n1)CCC2)N1CCCC(c2ncc(C(F)(F)F)[nH]2)C1. The summed E-state index contributed by atoms with van der Waals surface area (Å²) in [6.45, 7) is 1.77. The number of carbonyl (C=O) groups excluding carboxylic acids is 1. The molecule has 1 fully saturated rings. The molecule has 2 aliphatic rings. The number of aromatic amines is 1. The van der Waals surface area contributed by atoms with E-state index in [1.165, 1.54) is 0 Å². The molecule has 0 aromatic carbocycles.